The molecule has 68 heavy (non-hydrogen) atoms. The second-order valence-electron chi connectivity index (χ2n) is 17.6. The molecule has 0 saturated carbocycles. The highest BCUT2D eigenvalue weighted by atomic mass is 16.5. The number of ketones is 1. The third-order valence-electron chi connectivity index (χ3n) is 13.1. The van der Waals surface area contributed by atoms with Crippen molar-refractivity contribution in [3.63, 3.8) is 0 Å². The molecule has 9 aromatic carbocycles. The number of hydrogen-bond acceptors (Lipinski definition) is 7. The van der Waals surface area contributed by atoms with Crippen LogP contribution >= 0.6 is 0 Å². The summed E-state index contributed by atoms with van der Waals surface area (Å²) in [6.45, 7) is 24.1. The second kappa shape index (κ2) is 15.8. The van der Waals surface area contributed by atoms with Crippen molar-refractivity contribution in [2.24, 2.45) is 0 Å². The van der Waals surface area contributed by atoms with Gasteiger partial charge < -0.3 is 18.9 Å². The van der Waals surface area contributed by atoms with Crippen LogP contribution in [-0.2, 0) is 0 Å². The van der Waals surface area contributed by atoms with E-state index in [-0.39, 0.29) is 11.3 Å². The summed E-state index contributed by atoms with van der Waals surface area (Å²) in [4.78, 5) is 35.0. The van der Waals surface area contributed by atoms with Crippen molar-refractivity contribution in [1.82, 2.24) is 9.38 Å². The Morgan fingerprint density at radius 1 is 0.662 bits per heavy atom. The minimum absolute atomic E-state index is 0.149. The Balaban J connectivity index is 1.44. The van der Waals surface area contributed by atoms with E-state index in [0.29, 0.717) is 117 Å². The first-order chi connectivity index (χ1) is 32.9. The molecule has 0 N–H and O–H groups in total. The number of ether oxygens (including phenoxy) is 4. The molecule has 11 aromatic rings. The Labute approximate surface area is 391 Å². The van der Waals surface area contributed by atoms with E-state index >= 15 is 4.79 Å². The number of pyridine rings is 1. The standard InChI is InChI=1S/C60H46N2O6/c1-10-13-14-36-26-42-37(25-34(36)8)19-24-45-58(42)62-59(61-45)43-29-49(68-39-22-17-33(7)18-23-39)55-54-48(67-38-20-15-32(6)16-21-38)27-40(31(4)5)50-41(35(9)63)28-46(65-11-2)52(56(50)54)53-47(66-12-3)30-44(60(62)64)51(43)57(53)55/h10,12-30H,1,3-4,11H2,2,5-9H3/b14-13-. The molecule has 2 aromatic heterocycles. The predicted octanol–water partition coefficient (Wildman–Crippen LogP) is 15.5. The number of Topliss-reactive ketones (excluding diaryl/α,β-unsaturated/α-hetero) is 1. The Bertz CT molecular complexity index is 4080. The zero-order valence-corrected chi connectivity index (χ0v) is 38.7. The highest BCUT2D eigenvalue weighted by Gasteiger charge is 2.32. The Morgan fingerprint density at radius 2 is 1.26 bits per heavy atom. The van der Waals surface area contributed by atoms with Gasteiger partial charge in [-0.1, -0.05) is 91.1 Å². The zero-order chi connectivity index (χ0) is 47.3. The number of aromatic nitrogens is 2. The van der Waals surface area contributed by atoms with Crippen molar-refractivity contribution in [3.8, 4) is 34.5 Å². The molecule has 0 fully saturated rings. The minimum atomic E-state index is -0.272. The normalized spacial score (nSPS) is 12.0. The highest BCUT2D eigenvalue weighted by molar-refractivity contribution is 6.43. The minimum Gasteiger partial charge on any atom is -0.493 e. The van der Waals surface area contributed by atoms with Crippen molar-refractivity contribution < 1.29 is 23.7 Å². The molecule has 0 atom stereocenters. The van der Waals surface area contributed by atoms with Crippen LogP contribution in [0.3, 0.4) is 0 Å². The van der Waals surface area contributed by atoms with E-state index in [1.54, 1.807) is 23.5 Å². The second-order valence-corrected chi connectivity index (χ2v) is 17.6. The molecule has 0 amide bonds. The third kappa shape index (κ3) is 6.32. The van der Waals surface area contributed by atoms with Gasteiger partial charge in [0.2, 0.25) is 0 Å². The molecule has 2 heterocycles. The van der Waals surface area contributed by atoms with Gasteiger partial charge >= 0.3 is 0 Å². The van der Waals surface area contributed by atoms with Gasteiger partial charge in [-0.15, -0.1) is 0 Å². The van der Waals surface area contributed by atoms with Gasteiger partial charge in [0.05, 0.1) is 29.3 Å². The third-order valence-corrected chi connectivity index (χ3v) is 13.1. The Kier molecular flexibility index (Phi) is 9.83. The molecule has 0 saturated heterocycles. The van der Waals surface area contributed by atoms with Crippen LogP contribution in [0.2, 0.25) is 0 Å². The maximum atomic E-state index is 15.7. The SMILES string of the molecule is C=C/C=C\c1cc2c(ccc3nc4c5cc(Oc6ccc(C)cc6)c6c7c(Oc8ccc(C)cc8)cc(C(=C)C)c8c(C(C)=O)cc(OCC)c(c9c(OC=C)cc(c(=O)n4c32)c5c96)c87)cc1C. The number of nitrogens with zero attached hydrogens (tertiary/aromatic N) is 2. The quantitative estimate of drug-likeness (QED) is 0.0397. The summed E-state index contributed by atoms with van der Waals surface area (Å²) in [5.74, 6) is 2.84. The molecule has 0 aliphatic heterocycles. The molecular formula is C60H46N2O6. The number of imidazole rings is 1. The molecule has 8 nitrogen and oxygen atoms in total. The number of fused-ring (bicyclic) bond motifs is 8. The fourth-order valence-electron chi connectivity index (χ4n) is 10.1. The van der Waals surface area contributed by atoms with Gasteiger partial charge in [0.25, 0.3) is 5.56 Å². The number of aryl methyl sites for hydroxylation is 3. The number of allylic oxidation sites excluding steroid dienone is 3. The average Bonchev–Trinajstić information content (AvgIpc) is 3.72. The van der Waals surface area contributed by atoms with Crippen LogP contribution in [0, 0.1) is 20.8 Å². The summed E-state index contributed by atoms with van der Waals surface area (Å²) in [5, 5.41) is 8.26. The Hall–Kier alpha value is -8.49. The van der Waals surface area contributed by atoms with Crippen LogP contribution in [0.1, 0.15) is 58.9 Å². The lowest BCUT2D eigenvalue weighted by Gasteiger charge is -2.26. The number of carbonyl (C=O) groups excluding carboxylic acids is 1. The van der Waals surface area contributed by atoms with Gasteiger partial charge in [0.1, 0.15) is 40.1 Å². The lowest BCUT2D eigenvalue weighted by Crippen LogP contribution is -2.14. The van der Waals surface area contributed by atoms with Gasteiger partial charge in [-0.2, -0.15) is 0 Å². The van der Waals surface area contributed by atoms with Crippen molar-refractivity contribution >= 4 is 98.7 Å². The summed E-state index contributed by atoms with van der Waals surface area (Å²) in [6.07, 6.45) is 7.04. The van der Waals surface area contributed by atoms with Gasteiger partial charge in [-0.25, -0.2) is 4.98 Å². The average molecular weight is 891 g/mol. The van der Waals surface area contributed by atoms with E-state index in [1.165, 1.54) is 6.26 Å². The van der Waals surface area contributed by atoms with Crippen LogP contribution in [0.25, 0.3) is 93.0 Å². The molecule has 0 bridgehead atoms. The van der Waals surface area contributed by atoms with E-state index in [2.05, 4.69) is 44.9 Å². The van der Waals surface area contributed by atoms with Crippen LogP contribution in [-0.4, -0.2) is 21.8 Å². The molecule has 332 valence electrons. The van der Waals surface area contributed by atoms with E-state index in [1.807, 2.05) is 113 Å². The van der Waals surface area contributed by atoms with Crippen molar-refractivity contribution in [1.29, 1.82) is 0 Å². The Morgan fingerprint density at radius 3 is 1.88 bits per heavy atom. The molecular weight excluding hydrogens is 845 g/mol. The predicted molar refractivity (Wildman–Crippen MR) is 280 cm³/mol. The highest BCUT2D eigenvalue weighted by Crippen LogP contribution is 2.57. The van der Waals surface area contributed by atoms with E-state index in [0.717, 1.165) is 44.2 Å². The van der Waals surface area contributed by atoms with Gasteiger partial charge in [-0.3, -0.25) is 14.0 Å². The lowest BCUT2D eigenvalue weighted by molar-refractivity contribution is 0.101. The molecule has 0 radical (unpaired) electrons. The smallest absolute Gasteiger partial charge is 0.264 e. The van der Waals surface area contributed by atoms with Crippen LogP contribution in [0.4, 0.5) is 0 Å². The van der Waals surface area contributed by atoms with Crippen LogP contribution < -0.4 is 24.5 Å². The molecule has 0 spiro atoms. The van der Waals surface area contributed by atoms with Crippen LogP contribution in [0.5, 0.6) is 34.5 Å². The topological polar surface area (TPSA) is 88.4 Å². The summed E-state index contributed by atoms with van der Waals surface area (Å²) in [5.41, 5.74) is 7.72. The first-order valence-corrected chi connectivity index (χ1v) is 22.6. The molecule has 0 aliphatic rings. The summed E-state index contributed by atoms with van der Waals surface area (Å²) >= 11 is 0. The number of benzene rings is 9. The first kappa shape index (κ1) is 42.2. The van der Waals surface area contributed by atoms with Gasteiger partial charge in [0, 0.05) is 59.4 Å². The fourth-order valence-corrected chi connectivity index (χ4v) is 10.1. The largest absolute Gasteiger partial charge is 0.493 e. The monoisotopic (exact) mass is 890 g/mol. The molecule has 0 unspecified atom stereocenters. The van der Waals surface area contributed by atoms with Gasteiger partial charge in [-0.05, 0) is 124 Å². The van der Waals surface area contributed by atoms with E-state index in [9.17, 15) is 4.79 Å². The van der Waals surface area contributed by atoms with E-state index in [4.69, 9.17) is 23.9 Å². The first-order valence-electron chi connectivity index (χ1n) is 22.6. The van der Waals surface area contributed by atoms with Crippen LogP contribution in [0.15, 0.2) is 140 Å². The van der Waals surface area contributed by atoms with E-state index < -0.39 is 0 Å². The zero-order valence-electron chi connectivity index (χ0n) is 38.7. The van der Waals surface area contributed by atoms with Gasteiger partial charge in [0.15, 0.2) is 5.78 Å². The summed E-state index contributed by atoms with van der Waals surface area (Å²) in [6, 6.07) is 31.6. The molecule has 8 heteroatoms. The number of rotatable bonds is 12. The maximum absolute atomic E-state index is 15.7. The fraction of sp³-hybridized carbons (Fsp3) is 0.117. The summed E-state index contributed by atoms with van der Waals surface area (Å²) in [7, 11) is 0. The maximum Gasteiger partial charge on any atom is 0.264 e. The number of carbonyl (C=O) groups is 1. The lowest BCUT2D eigenvalue weighted by atomic mass is 9.82. The van der Waals surface area contributed by atoms with Crippen molar-refractivity contribution in [2.45, 2.75) is 41.5 Å². The van der Waals surface area contributed by atoms with Crippen molar-refractivity contribution in [3.05, 3.63) is 179 Å². The molecule has 11 rings (SSSR count). The molecule has 0 aliphatic carbocycles. The van der Waals surface area contributed by atoms with Crippen molar-refractivity contribution in [2.75, 3.05) is 6.61 Å². The number of hydrogen-bond donors (Lipinski definition) is 0. The summed E-state index contributed by atoms with van der Waals surface area (Å²) < 4.78 is 29.0.